The number of aromatic carboxylic acids is 1. The molecule has 0 heterocycles. The SMILES string of the molecule is CCC(C)(C)CNS(=O)(=O)c1ccc(C)c(C(=O)O)c1. The van der Waals surface area contributed by atoms with Gasteiger partial charge in [0.25, 0.3) is 0 Å². The van der Waals surface area contributed by atoms with E-state index in [2.05, 4.69) is 4.72 Å². The summed E-state index contributed by atoms with van der Waals surface area (Å²) in [6.45, 7) is 7.86. The first-order valence-corrected chi connectivity index (χ1v) is 7.91. The first-order valence-electron chi connectivity index (χ1n) is 6.43. The highest BCUT2D eigenvalue weighted by molar-refractivity contribution is 7.89. The lowest BCUT2D eigenvalue weighted by atomic mass is 9.91. The van der Waals surface area contributed by atoms with Crippen LogP contribution >= 0.6 is 0 Å². The van der Waals surface area contributed by atoms with E-state index in [0.29, 0.717) is 12.1 Å². The van der Waals surface area contributed by atoms with Crippen LogP contribution < -0.4 is 4.72 Å². The van der Waals surface area contributed by atoms with E-state index in [9.17, 15) is 13.2 Å². The summed E-state index contributed by atoms with van der Waals surface area (Å²) >= 11 is 0. The van der Waals surface area contributed by atoms with Crippen molar-refractivity contribution in [1.82, 2.24) is 4.72 Å². The number of carboxylic acids is 1. The van der Waals surface area contributed by atoms with Crippen LogP contribution in [0.2, 0.25) is 0 Å². The number of carbonyl (C=O) groups is 1. The van der Waals surface area contributed by atoms with Crippen molar-refractivity contribution in [1.29, 1.82) is 0 Å². The molecule has 1 rings (SSSR count). The molecule has 0 aromatic heterocycles. The van der Waals surface area contributed by atoms with Crippen LogP contribution in [-0.2, 0) is 10.0 Å². The summed E-state index contributed by atoms with van der Waals surface area (Å²) < 4.78 is 26.9. The number of hydrogen-bond acceptors (Lipinski definition) is 3. The number of hydrogen-bond donors (Lipinski definition) is 2. The molecule has 1 aromatic rings. The average Bonchev–Trinajstić information content (AvgIpc) is 2.36. The average molecular weight is 299 g/mol. The Morgan fingerprint density at radius 3 is 2.45 bits per heavy atom. The molecule has 0 aliphatic carbocycles. The van der Waals surface area contributed by atoms with Gasteiger partial charge in [-0.3, -0.25) is 0 Å². The molecule has 0 bridgehead atoms. The molecule has 5 nitrogen and oxygen atoms in total. The van der Waals surface area contributed by atoms with Crippen LogP contribution in [0.15, 0.2) is 23.1 Å². The number of sulfonamides is 1. The highest BCUT2D eigenvalue weighted by atomic mass is 32.2. The molecule has 0 amide bonds. The Morgan fingerprint density at radius 2 is 1.95 bits per heavy atom. The molecule has 0 saturated heterocycles. The number of rotatable bonds is 6. The van der Waals surface area contributed by atoms with E-state index in [0.717, 1.165) is 6.42 Å². The summed E-state index contributed by atoms with van der Waals surface area (Å²) in [4.78, 5) is 11.0. The van der Waals surface area contributed by atoms with Crippen LogP contribution in [-0.4, -0.2) is 26.0 Å². The molecule has 0 aliphatic heterocycles. The van der Waals surface area contributed by atoms with Gasteiger partial charge in [0.1, 0.15) is 0 Å². The van der Waals surface area contributed by atoms with E-state index in [1.54, 1.807) is 6.92 Å². The third kappa shape index (κ3) is 4.05. The van der Waals surface area contributed by atoms with Gasteiger partial charge in [0.05, 0.1) is 10.5 Å². The standard InChI is InChI=1S/C14H21NO4S/c1-5-14(3,4)9-15-20(18,19)11-7-6-10(2)12(8-11)13(16)17/h6-8,15H,5,9H2,1-4H3,(H,16,17). The molecule has 0 aliphatic rings. The van der Waals surface area contributed by atoms with Gasteiger partial charge in [0.15, 0.2) is 0 Å². The van der Waals surface area contributed by atoms with Crippen LogP contribution in [0, 0.1) is 12.3 Å². The van der Waals surface area contributed by atoms with Gasteiger partial charge in [-0.25, -0.2) is 17.9 Å². The minimum atomic E-state index is -3.69. The van der Waals surface area contributed by atoms with Gasteiger partial charge in [0, 0.05) is 6.54 Å². The molecule has 0 fully saturated rings. The maximum atomic E-state index is 12.2. The van der Waals surface area contributed by atoms with E-state index < -0.39 is 16.0 Å². The minimum Gasteiger partial charge on any atom is -0.478 e. The molecule has 1 aromatic carbocycles. The molecule has 0 spiro atoms. The zero-order valence-electron chi connectivity index (χ0n) is 12.2. The highest BCUT2D eigenvalue weighted by Gasteiger charge is 2.22. The lowest BCUT2D eigenvalue weighted by Gasteiger charge is -2.22. The lowest BCUT2D eigenvalue weighted by molar-refractivity contribution is 0.0696. The normalized spacial score (nSPS) is 12.4. The summed E-state index contributed by atoms with van der Waals surface area (Å²) in [5.41, 5.74) is 0.390. The maximum Gasteiger partial charge on any atom is 0.335 e. The number of aryl methyl sites for hydroxylation is 1. The highest BCUT2D eigenvalue weighted by Crippen LogP contribution is 2.20. The zero-order valence-corrected chi connectivity index (χ0v) is 13.0. The van der Waals surface area contributed by atoms with Crippen molar-refractivity contribution < 1.29 is 18.3 Å². The van der Waals surface area contributed by atoms with Crippen LogP contribution in [0.3, 0.4) is 0 Å². The Kier molecular flexibility index (Phi) is 4.94. The van der Waals surface area contributed by atoms with Gasteiger partial charge < -0.3 is 5.11 Å². The molecule has 20 heavy (non-hydrogen) atoms. The van der Waals surface area contributed by atoms with E-state index in [-0.39, 0.29) is 15.9 Å². The van der Waals surface area contributed by atoms with E-state index in [1.807, 2.05) is 20.8 Å². The summed E-state index contributed by atoms with van der Waals surface area (Å²) in [7, 11) is -3.69. The molecular formula is C14H21NO4S. The first kappa shape index (κ1) is 16.7. The predicted octanol–water partition coefficient (Wildman–Crippen LogP) is 2.41. The van der Waals surface area contributed by atoms with Crippen molar-refractivity contribution in [2.75, 3.05) is 6.54 Å². The van der Waals surface area contributed by atoms with Crippen molar-refractivity contribution in [3.8, 4) is 0 Å². The minimum absolute atomic E-state index is 0.00243. The van der Waals surface area contributed by atoms with E-state index in [4.69, 9.17) is 5.11 Å². The second-order valence-electron chi connectivity index (χ2n) is 5.62. The number of benzene rings is 1. The summed E-state index contributed by atoms with van der Waals surface area (Å²) in [6.07, 6.45) is 0.837. The van der Waals surface area contributed by atoms with Crippen molar-refractivity contribution in [3.05, 3.63) is 29.3 Å². The molecule has 2 N–H and O–H groups in total. The van der Waals surface area contributed by atoms with Crippen molar-refractivity contribution in [2.24, 2.45) is 5.41 Å². The Labute approximate surface area is 120 Å². The van der Waals surface area contributed by atoms with E-state index in [1.165, 1.54) is 18.2 Å². The second kappa shape index (κ2) is 5.93. The van der Waals surface area contributed by atoms with Crippen molar-refractivity contribution >= 4 is 16.0 Å². The van der Waals surface area contributed by atoms with Crippen LogP contribution in [0.1, 0.15) is 43.1 Å². The van der Waals surface area contributed by atoms with Crippen molar-refractivity contribution in [2.45, 2.75) is 39.0 Å². The van der Waals surface area contributed by atoms with Crippen LogP contribution in [0.5, 0.6) is 0 Å². The molecule has 0 atom stereocenters. The van der Waals surface area contributed by atoms with Gasteiger partial charge in [0.2, 0.25) is 10.0 Å². The summed E-state index contributed by atoms with van der Waals surface area (Å²) in [5, 5.41) is 9.04. The van der Waals surface area contributed by atoms with Crippen LogP contribution in [0.4, 0.5) is 0 Å². The quantitative estimate of drug-likeness (QED) is 0.845. The van der Waals surface area contributed by atoms with Gasteiger partial charge in [-0.2, -0.15) is 0 Å². The fraction of sp³-hybridized carbons (Fsp3) is 0.500. The zero-order chi connectivity index (χ0) is 15.6. The summed E-state index contributed by atoms with van der Waals surface area (Å²) in [6, 6.07) is 4.12. The second-order valence-corrected chi connectivity index (χ2v) is 7.39. The molecule has 0 unspecified atom stereocenters. The van der Waals surface area contributed by atoms with Gasteiger partial charge in [-0.1, -0.05) is 26.8 Å². The smallest absolute Gasteiger partial charge is 0.335 e. The predicted molar refractivity (Wildman–Crippen MR) is 77.4 cm³/mol. The molecule has 6 heteroatoms. The Balaban J connectivity index is 3.05. The monoisotopic (exact) mass is 299 g/mol. The molecule has 0 radical (unpaired) electrons. The lowest BCUT2D eigenvalue weighted by Crippen LogP contribution is -2.33. The topological polar surface area (TPSA) is 83.5 Å². The van der Waals surface area contributed by atoms with Crippen LogP contribution in [0.25, 0.3) is 0 Å². The number of nitrogens with one attached hydrogen (secondary N) is 1. The number of carboxylic acid groups (broad SMARTS) is 1. The Morgan fingerprint density at radius 1 is 1.35 bits per heavy atom. The fourth-order valence-corrected chi connectivity index (χ4v) is 2.77. The molecule has 0 saturated carbocycles. The van der Waals surface area contributed by atoms with Crippen molar-refractivity contribution in [3.63, 3.8) is 0 Å². The fourth-order valence-electron chi connectivity index (χ4n) is 1.50. The first-order chi connectivity index (χ1) is 9.09. The summed E-state index contributed by atoms with van der Waals surface area (Å²) in [5.74, 6) is -1.13. The Hall–Kier alpha value is -1.40. The van der Waals surface area contributed by atoms with E-state index >= 15 is 0 Å². The van der Waals surface area contributed by atoms with Gasteiger partial charge in [-0.05, 0) is 36.5 Å². The molecule has 112 valence electrons. The third-order valence-corrected chi connectivity index (χ3v) is 4.85. The van der Waals surface area contributed by atoms with Gasteiger partial charge >= 0.3 is 5.97 Å². The largest absolute Gasteiger partial charge is 0.478 e. The Bertz CT molecular complexity index is 606. The maximum absolute atomic E-state index is 12.2. The molecular weight excluding hydrogens is 278 g/mol. The van der Waals surface area contributed by atoms with Gasteiger partial charge in [-0.15, -0.1) is 0 Å². The third-order valence-electron chi connectivity index (χ3n) is 3.45.